The fourth-order valence-electron chi connectivity index (χ4n) is 1.41. The number of rotatable bonds is 5. The van der Waals surface area contributed by atoms with Crippen molar-refractivity contribution in [2.45, 2.75) is 26.3 Å². The smallest absolute Gasteiger partial charge is 0.358 e. The molecule has 0 atom stereocenters. The molecule has 9 heteroatoms. The van der Waals surface area contributed by atoms with Gasteiger partial charge in [-0.2, -0.15) is 9.67 Å². The predicted octanol–water partition coefficient (Wildman–Crippen LogP) is 1.83. The van der Waals surface area contributed by atoms with E-state index in [-0.39, 0.29) is 17.4 Å². The normalized spacial score (nSPS) is 10.8. The molecule has 0 spiro atoms. The molecule has 0 fully saturated rings. The van der Waals surface area contributed by atoms with Gasteiger partial charge in [-0.1, -0.05) is 23.7 Å². The van der Waals surface area contributed by atoms with E-state index in [1.54, 1.807) is 0 Å². The largest absolute Gasteiger partial charge is 0.408 e. The highest BCUT2D eigenvalue weighted by atomic mass is 35.5. The van der Waals surface area contributed by atoms with Crippen molar-refractivity contribution in [2.24, 2.45) is 0 Å². The van der Waals surface area contributed by atoms with Crippen LogP contribution < -0.4 is 0 Å². The lowest BCUT2D eigenvalue weighted by molar-refractivity contribution is -0.389. The molecule has 0 aromatic carbocycles. The quantitative estimate of drug-likeness (QED) is 0.607. The second-order valence-electron chi connectivity index (χ2n) is 3.61. The second-order valence-corrected chi connectivity index (χ2v) is 4.02. The van der Waals surface area contributed by atoms with E-state index in [1.165, 1.54) is 10.9 Å². The Balaban J connectivity index is 2.13. The van der Waals surface area contributed by atoms with Gasteiger partial charge in [0.2, 0.25) is 5.89 Å². The van der Waals surface area contributed by atoms with Crippen molar-refractivity contribution in [2.75, 3.05) is 0 Å². The fraction of sp³-hybridized carbons (Fsp3) is 0.444. The molecule has 0 saturated carbocycles. The van der Waals surface area contributed by atoms with Crippen LogP contribution in [0.3, 0.4) is 0 Å². The van der Waals surface area contributed by atoms with E-state index in [1.807, 2.05) is 6.92 Å². The summed E-state index contributed by atoms with van der Waals surface area (Å²) >= 11 is 5.67. The third-order valence-electron chi connectivity index (χ3n) is 2.15. The molecule has 0 unspecified atom stereocenters. The Kier molecular flexibility index (Phi) is 3.56. The van der Waals surface area contributed by atoms with Gasteiger partial charge < -0.3 is 14.6 Å². The third kappa shape index (κ3) is 2.65. The van der Waals surface area contributed by atoms with Crippen molar-refractivity contribution in [1.29, 1.82) is 0 Å². The first-order valence-electron chi connectivity index (χ1n) is 5.29. The standard InChI is InChI=1S/C9H10ClN5O3/c1-2-3-7-11-8(18-13-7)5-14-4-6(10)9(12-14)15(16)17/h4H,2-3,5H2,1H3. The SMILES string of the molecule is CCCc1noc(Cn2cc(Cl)c([N+](=O)[O-])n2)n1. The van der Waals surface area contributed by atoms with Crippen molar-refractivity contribution in [3.63, 3.8) is 0 Å². The summed E-state index contributed by atoms with van der Waals surface area (Å²) in [5.74, 6) is 0.567. The molecule has 2 heterocycles. The molecule has 0 aliphatic heterocycles. The number of hydrogen-bond donors (Lipinski definition) is 0. The minimum Gasteiger partial charge on any atom is -0.358 e. The first-order chi connectivity index (χ1) is 8.60. The van der Waals surface area contributed by atoms with E-state index in [4.69, 9.17) is 16.1 Å². The van der Waals surface area contributed by atoms with Gasteiger partial charge in [0.25, 0.3) is 0 Å². The maximum atomic E-state index is 10.6. The highest BCUT2D eigenvalue weighted by Gasteiger charge is 2.20. The molecular weight excluding hydrogens is 262 g/mol. The van der Waals surface area contributed by atoms with Gasteiger partial charge in [-0.3, -0.25) is 0 Å². The number of hydrogen-bond acceptors (Lipinski definition) is 6. The van der Waals surface area contributed by atoms with E-state index < -0.39 is 4.92 Å². The predicted molar refractivity (Wildman–Crippen MR) is 61.3 cm³/mol. The van der Waals surface area contributed by atoms with Crippen LogP contribution in [-0.4, -0.2) is 24.8 Å². The van der Waals surface area contributed by atoms with Crippen molar-refractivity contribution in [3.8, 4) is 0 Å². The van der Waals surface area contributed by atoms with Crippen LogP contribution in [0.15, 0.2) is 10.7 Å². The molecular formula is C9H10ClN5O3. The first-order valence-corrected chi connectivity index (χ1v) is 5.66. The third-order valence-corrected chi connectivity index (χ3v) is 2.42. The summed E-state index contributed by atoms with van der Waals surface area (Å²) in [5.41, 5.74) is 0. The van der Waals surface area contributed by atoms with Crippen molar-refractivity contribution < 1.29 is 9.45 Å². The number of nitro groups is 1. The summed E-state index contributed by atoms with van der Waals surface area (Å²) in [4.78, 5) is 14.1. The molecule has 2 aromatic rings. The summed E-state index contributed by atoms with van der Waals surface area (Å²) in [5, 5.41) is 18.0. The highest BCUT2D eigenvalue weighted by Crippen LogP contribution is 2.21. The lowest BCUT2D eigenvalue weighted by Gasteiger charge is -1.88. The minimum atomic E-state index is -0.644. The Bertz CT molecular complexity index is 564. The Morgan fingerprint density at radius 2 is 2.39 bits per heavy atom. The Morgan fingerprint density at radius 3 is 3.00 bits per heavy atom. The summed E-state index contributed by atoms with van der Waals surface area (Å²) in [6, 6.07) is 0. The van der Waals surface area contributed by atoms with Crippen LogP contribution in [0.1, 0.15) is 25.1 Å². The molecule has 2 rings (SSSR count). The molecule has 0 N–H and O–H groups in total. The lowest BCUT2D eigenvalue weighted by atomic mass is 10.3. The summed E-state index contributed by atoms with van der Waals surface area (Å²) < 4.78 is 6.29. The summed E-state index contributed by atoms with van der Waals surface area (Å²) in [6.07, 6.45) is 2.99. The van der Waals surface area contributed by atoms with Crippen LogP contribution in [0.2, 0.25) is 5.02 Å². The summed E-state index contributed by atoms with van der Waals surface area (Å²) in [7, 11) is 0. The maximum Gasteiger partial charge on any atom is 0.408 e. The minimum absolute atomic E-state index is 0.0201. The number of nitrogens with zero attached hydrogens (tertiary/aromatic N) is 5. The first kappa shape index (κ1) is 12.5. The van der Waals surface area contributed by atoms with E-state index >= 15 is 0 Å². The van der Waals surface area contributed by atoms with Crippen LogP contribution in [-0.2, 0) is 13.0 Å². The van der Waals surface area contributed by atoms with Crippen LogP contribution >= 0.6 is 11.6 Å². The average Bonchev–Trinajstić information content (AvgIpc) is 2.87. The van der Waals surface area contributed by atoms with E-state index in [9.17, 15) is 10.1 Å². The zero-order valence-corrected chi connectivity index (χ0v) is 10.3. The molecule has 0 aliphatic rings. The molecule has 96 valence electrons. The monoisotopic (exact) mass is 271 g/mol. The Hall–Kier alpha value is -1.96. The van der Waals surface area contributed by atoms with Gasteiger partial charge in [0.05, 0.1) is 11.3 Å². The fourth-order valence-corrected chi connectivity index (χ4v) is 1.63. The van der Waals surface area contributed by atoms with E-state index in [2.05, 4.69) is 15.2 Å². The second kappa shape index (κ2) is 5.13. The van der Waals surface area contributed by atoms with Crippen molar-refractivity contribution >= 4 is 17.4 Å². The average molecular weight is 272 g/mol. The van der Waals surface area contributed by atoms with Gasteiger partial charge in [-0.25, -0.2) is 0 Å². The van der Waals surface area contributed by atoms with E-state index in [0.29, 0.717) is 11.7 Å². The molecule has 0 saturated heterocycles. The molecule has 8 nitrogen and oxygen atoms in total. The zero-order chi connectivity index (χ0) is 13.1. The molecule has 0 aliphatic carbocycles. The Labute approximate surface area is 107 Å². The van der Waals surface area contributed by atoms with Crippen LogP contribution in [0.5, 0.6) is 0 Å². The molecule has 0 amide bonds. The Morgan fingerprint density at radius 1 is 1.61 bits per heavy atom. The number of halogens is 1. The van der Waals surface area contributed by atoms with Crippen molar-refractivity contribution in [3.05, 3.63) is 33.0 Å². The van der Waals surface area contributed by atoms with Gasteiger partial charge in [0.15, 0.2) is 10.8 Å². The molecule has 2 aromatic heterocycles. The lowest BCUT2D eigenvalue weighted by Crippen LogP contribution is -2.01. The zero-order valence-electron chi connectivity index (χ0n) is 9.54. The van der Waals surface area contributed by atoms with Gasteiger partial charge in [0.1, 0.15) is 6.54 Å². The van der Waals surface area contributed by atoms with Gasteiger partial charge >= 0.3 is 5.82 Å². The van der Waals surface area contributed by atoms with E-state index in [0.717, 1.165) is 12.8 Å². The van der Waals surface area contributed by atoms with Gasteiger partial charge in [-0.05, 0) is 11.3 Å². The van der Waals surface area contributed by atoms with Crippen LogP contribution in [0, 0.1) is 10.1 Å². The van der Waals surface area contributed by atoms with Crippen LogP contribution in [0.4, 0.5) is 5.82 Å². The summed E-state index contributed by atoms with van der Waals surface area (Å²) in [6.45, 7) is 2.16. The van der Waals surface area contributed by atoms with Crippen LogP contribution in [0.25, 0.3) is 0 Å². The topological polar surface area (TPSA) is 99.9 Å². The maximum absolute atomic E-state index is 10.6. The molecule has 18 heavy (non-hydrogen) atoms. The molecule has 0 bridgehead atoms. The number of aromatic nitrogens is 4. The van der Waals surface area contributed by atoms with Gasteiger partial charge in [0, 0.05) is 6.42 Å². The highest BCUT2D eigenvalue weighted by molar-refractivity contribution is 6.32. The molecule has 0 radical (unpaired) electrons. The number of aryl methyl sites for hydroxylation is 1. The van der Waals surface area contributed by atoms with Gasteiger partial charge in [-0.15, -0.1) is 0 Å². The van der Waals surface area contributed by atoms with Crippen molar-refractivity contribution in [1.82, 2.24) is 19.9 Å².